The van der Waals surface area contributed by atoms with E-state index in [1.54, 1.807) is 6.07 Å². The average Bonchev–Trinajstić information content (AvgIpc) is 3.39. The van der Waals surface area contributed by atoms with Crippen LogP contribution in [0.4, 0.5) is 0 Å². The molecular weight excluding hydrogens is 475 g/mol. The van der Waals surface area contributed by atoms with Crippen molar-refractivity contribution in [3.63, 3.8) is 0 Å². The van der Waals surface area contributed by atoms with Gasteiger partial charge in [-0.2, -0.15) is 0 Å². The second-order valence-electron chi connectivity index (χ2n) is 8.87. The molecule has 0 saturated carbocycles. The lowest BCUT2D eigenvalue weighted by Crippen LogP contribution is -2.31. The summed E-state index contributed by atoms with van der Waals surface area (Å²) in [6, 6.07) is 31.4. The summed E-state index contributed by atoms with van der Waals surface area (Å²) in [6.45, 7) is 2.09. The van der Waals surface area contributed by atoms with Crippen LogP contribution in [-0.4, -0.2) is 15.8 Å². The molecule has 1 amide bonds. The number of para-hydroxylation sites is 1. The molecule has 2 heterocycles. The SMILES string of the molecule is CC(c1ccccc1)N1C(=O)c2ccccc2C1c1c(-c2ccc(Cl)cc2Cl)[nH]c2ccccc12. The fourth-order valence-electron chi connectivity index (χ4n) is 5.27. The maximum absolute atomic E-state index is 13.9. The molecule has 172 valence electrons. The van der Waals surface area contributed by atoms with Gasteiger partial charge in [0, 0.05) is 32.6 Å². The lowest BCUT2D eigenvalue weighted by Gasteiger charge is -2.32. The zero-order chi connectivity index (χ0) is 24.1. The first-order valence-electron chi connectivity index (χ1n) is 11.6. The van der Waals surface area contributed by atoms with Crippen LogP contribution in [0, 0.1) is 0 Å². The zero-order valence-corrected chi connectivity index (χ0v) is 20.5. The van der Waals surface area contributed by atoms with E-state index in [1.807, 2.05) is 65.6 Å². The average molecular weight is 497 g/mol. The highest BCUT2D eigenvalue weighted by Crippen LogP contribution is 2.49. The molecule has 1 aromatic heterocycles. The van der Waals surface area contributed by atoms with Gasteiger partial charge in [-0.15, -0.1) is 0 Å². The number of aromatic amines is 1. The number of aromatic nitrogens is 1. The van der Waals surface area contributed by atoms with E-state index >= 15 is 0 Å². The predicted octanol–water partition coefficient (Wildman–Crippen LogP) is 8.45. The van der Waals surface area contributed by atoms with E-state index < -0.39 is 0 Å². The van der Waals surface area contributed by atoms with Crippen molar-refractivity contribution in [2.24, 2.45) is 0 Å². The van der Waals surface area contributed by atoms with Crippen molar-refractivity contribution in [3.8, 4) is 11.3 Å². The molecule has 0 spiro atoms. The number of amides is 1. The van der Waals surface area contributed by atoms with Crippen LogP contribution in [0.3, 0.4) is 0 Å². The summed E-state index contributed by atoms with van der Waals surface area (Å²) in [5.41, 5.74) is 6.59. The molecule has 5 aromatic rings. The third-order valence-corrected chi connectivity index (χ3v) is 7.47. The van der Waals surface area contributed by atoms with E-state index in [9.17, 15) is 4.79 Å². The topological polar surface area (TPSA) is 36.1 Å². The van der Waals surface area contributed by atoms with Crippen molar-refractivity contribution in [3.05, 3.63) is 129 Å². The Labute approximate surface area is 213 Å². The number of hydrogen-bond acceptors (Lipinski definition) is 1. The predicted molar refractivity (Wildman–Crippen MR) is 143 cm³/mol. The van der Waals surface area contributed by atoms with Gasteiger partial charge in [-0.25, -0.2) is 0 Å². The Balaban J connectivity index is 1.64. The molecule has 0 fully saturated rings. The molecule has 6 rings (SSSR count). The molecule has 1 aliphatic heterocycles. The first kappa shape index (κ1) is 22.0. The van der Waals surface area contributed by atoms with Gasteiger partial charge < -0.3 is 9.88 Å². The Morgan fingerprint density at radius 3 is 2.34 bits per heavy atom. The quantitative estimate of drug-likeness (QED) is 0.266. The van der Waals surface area contributed by atoms with E-state index in [2.05, 4.69) is 42.2 Å². The molecule has 2 unspecified atom stereocenters. The van der Waals surface area contributed by atoms with Crippen LogP contribution in [0.25, 0.3) is 22.2 Å². The van der Waals surface area contributed by atoms with Gasteiger partial charge in [0.2, 0.25) is 0 Å². The van der Waals surface area contributed by atoms with Crippen LogP contribution in [0.2, 0.25) is 10.0 Å². The lowest BCUT2D eigenvalue weighted by atomic mass is 9.92. The number of rotatable bonds is 4. The van der Waals surface area contributed by atoms with Crippen LogP contribution < -0.4 is 0 Å². The number of benzene rings is 4. The van der Waals surface area contributed by atoms with Gasteiger partial charge in [0.25, 0.3) is 5.91 Å². The molecule has 5 heteroatoms. The molecule has 1 N–H and O–H groups in total. The molecule has 0 radical (unpaired) electrons. The van der Waals surface area contributed by atoms with Gasteiger partial charge in [-0.1, -0.05) is 89.9 Å². The summed E-state index contributed by atoms with van der Waals surface area (Å²) in [4.78, 5) is 19.5. The second-order valence-corrected chi connectivity index (χ2v) is 9.72. The van der Waals surface area contributed by atoms with E-state index in [-0.39, 0.29) is 18.0 Å². The van der Waals surface area contributed by atoms with Gasteiger partial charge in [-0.05, 0) is 48.4 Å². The Kier molecular flexibility index (Phi) is 5.40. The number of halogens is 2. The highest BCUT2D eigenvalue weighted by atomic mass is 35.5. The van der Waals surface area contributed by atoms with Crippen LogP contribution in [0.1, 0.15) is 46.1 Å². The van der Waals surface area contributed by atoms with Crippen molar-refractivity contribution in [2.45, 2.75) is 19.0 Å². The summed E-state index contributed by atoms with van der Waals surface area (Å²) < 4.78 is 0. The fraction of sp³-hybridized carbons (Fsp3) is 0.100. The summed E-state index contributed by atoms with van der Waals surface area (Å²) in [6.07, 6.45) is 0. The molecule has 0 aliphatic carbocycles. The summed E-state index contributed by atoms with van der Waals surface area (Å²) >= 11 is 12.9. The summed E-state index contributed by atoms with van der Waals surface area (Å²) in [5.74, 6) is 0.0281. The van der Waals surface area contributed by atoms with Crippen LogP contribution in [0.15, 0.2) is 97.1 Å². The first-order chi connectivity index (χ1) is 17.0. The first-order valence-corrected chi connectivity index (χ1v) is 12.3. The largest absolute Gasteiger partial charge is 0.354 e. The highest BCUT2D eigenvalue weighted by Gasteiger charge is 2.42. The number of hydrogen-bond donors (Lipinski definition) is 1. The monoisotopic (exact) mass is 496 g/mol. The fourth-order valence-corrected chi connectivity index (χ4v) is 5.78. The number of nitrogens with zero attached hydrogens (tertiary/aromatic N) is 1. The molecule has 0 saturated heterocycles. The van der Waals surface area contributed by atoms with Crippen molar-refractivity contribution >= 4 is 40.0 Å². The highest BCUT2D eigenvalue weighted by molar-refractivity contribution is 6.36. The van der Waals surface area contributed by atoms with Crippen molar-refractivity contribution in [1.82, 2.24) is 9.88 Å². The maximum atomic E-state index is 13.9. The van der Waals surface area contributed by atoms with E-state index in [0.717, 1.165) is 44.4 Å². The Morgan fingerprint density at radius 2 is 1.54 bits per heavy atom. The van der Waals surface area contributed by atoms with Gasteiger partial charge in [-0.3, -0.25) is 4.79 Å². The Bertz CT molecular complexity index is 1570. The minimum atomic E-state index is -0.285. The second kappa shape index (κ2) is 8.60. The normalized spacial score (nSPS) is 16.0. The van der Waals surface area contributed by atoms with Crippen molar-refractivity contribution in [1.29, 1.82) is 0 Å². The third kappa shape index (κ3) is 3.54. The number of fused-ring (bicyclic) bond motifs is 2. The maximum Gasteiger partial charge on any atom is 0.255 e. The van der Waals surface area contributed by atoms with E-state index in [4.69, 9.17) is 23.2 Å². The zero-order valence-electron chi connectivity index (χ0n) is 19.0. The molecule has 0 bridgehead atoms. The minimum absolute atomic E-state index is 0.0281. The Morgan fingerprint density at radius 1 is 0.829 bits per heavy atom. The van der Waals surface area contributed by atoms with Crippen LogP contribution in [-0.2, 0) is 0 Å². The molecule has 1 aliphatic rings. The van der Waals surface area contributed by atoms with Crippen molar-refractivity contribution in [2.75, 3.05) is 0 Å². The lowest BCUT2D eigenvalue weighted by molar-refractivity contribution is 0.0678. The van der Waals surface area contributed by atoms with Gasteiger partial charge in [0.05, 0.1) is 22.8 Å². The molecular formula is C30H22Cl2N2O. The molecule has 2 atom stereocenters. The van der Waals surface area contributed by atoms with Gasteiger partial charge in [0.1, 0.15) is 0 Å². The number of H-pyrrole nitrogens is 1. The van der Waals surface area contributed by atoms with Gasteiger partial charge >= 0.3 is 0 Å². The molecule has 4 aromatic carbocycles. The third-order valence-electron chi connectivity index (χ3n) is 6.92. The van der Waals surface area contributed by atoms with Crippen LogP contribution in [0.5, 0.6) is 0 Å². The van der Waals surface area contributed by atoms with Crippen LogP contribution >= 0.6 is 23.2 Å². The molecule has 3 nitrogen and oxygen atoms in total. The minimum Gasteiger partial charge on any atom is -0.354 e. The summed E-state index contributed by atoms with van der Waals surface area (Å²) in [7, 11) is 0. The van der Waals surface area contributed by atoms with E-state index in [0.29, 0.717) is 10.0 Å². The number of carbonyl (C=O) groups is 1. The molecule has 35 heavy (non-hydrogen) atoms. The van der Waals surface area contributed by atoms with E-state index in [1.165, 1.54) is 0 Å². The number of nitrogens with one attached hydrogen (secondary N) is 1. The standard InChI is InChI=1S/C30H22Cl2N2O/c1-18(19-9-3-2-4-10-19)34-29(21-11-5-6-12-22(21)30(34)35)27-24-13-7-8-14-26(24)33-28(27)23-16-15-20(31)17-25(23)32/h2-18,29,33H,1H3. The van der Waals surface area contributed by atoms with Crippen molar-refractivity contribution < 1.29 is 4.79 Å². The Hall–Kier alpha value is -3.53. The smallest absolute Gasteiger partial charge is 0.255 e. The number of carbonyl (C=O) groups excluding carboxylic acids is 1. The van der Waals surface area contributed by atoms with Gasteiger partial charge in [0.15, 0.2) is 0 Å². The summed E-state index contributed by atoms with van der Waals surface area (Å²) in [5, 5.41) is 2.20.